The Morgan fingerprint density at radius 3 is 2.52 bits per heavy atom. The van der Waals surface area contributed by atoms with E-state index in [9.17, 15) is 9.59 Å². The van der Waals surface area contributed by atoms with Crippen LogP contribution in [0.4, 0.5) is 4.79 Å². The van der Waals surface area contributed by atoms with Crippen LogP contribution in [0.1, 0.15) is 24.8 Å². The number of ether oxygens (including phenoxy) is 2. The van der Waals surface area contributed by atoms with E-state index in [1.165, 1.54) is 0 Å². The quantitative estimate of drug-likeness (QED) is 0.694. The number of hydrogen-bond acceptors (Lipinski definition) is 5. The van der Waals surface area contributed by atoms with Crippen LogP contribution in [0, 0.1) is 5.92 Å². The Balaban J connectivity index is 1.59. The van der Waals surface area contributed by atoms with Crippen molar-refractivity contribution in [1.82, 2.24) is 4.90 Å². The number of piperidine rings is 1. The second kappa shape index (κ2) is 10.0. The smallest absolute Gasteiger partial charge is 0.410 e. The molecule has 2 rings (SSSR count). The molecule has 2 N–H and O–H groups in total. The van der Waals surface area contributed by atoms with Gasteiger partial charge in [0.25, 0.3) is 0 Å². The van der Waals surface area contributed by atoms with E-state index in [1.54, 1.807) is 4.90 Å². The first-order valence-electron chi connectivity index (χ1n) is 8.50. The van der Waals surface area contributed by atoms with Gasteiger partial charge in [-0.25, -0.2) is 9.59 Å². The SMILES string of the molecule is O=C(O)[C@@H](O)COCCC1CCN(C(=O)OCc2ccccc2)CC1. The first-order chi connectivity index (χ1) is 12.1. The molecule has 0 unspecified atom stereocenters. The molecule has 0 saturated carbocycles. The number of likely N-dealkylation sites (tertiary alicyclic amines) is 1. The van der Waals surface area contributed by atoms with Gasteiger partial charge in [-0.1, -0.05) is 30.3 Å². The number of benzene rings is 1. The highest BCUT2D eigenvalue weighted by molar-refractivity contribution is 5.72. The normalized spacial score (nSPS) is 16.4. The van der Waals surface area contributed by atoms with Crippen LogP contribution in [0.2, 0.25) is 0 Å². The maximum atomic E-state index is 12.1. The Morgan fingerprint density at radius 2 is 1.88 bits per heavy atom. The third kappa shape index (κ3) is 6.72. The number of carbonyl (C=O) groups excluding carboxylic acids is 1. The summed E-state index contributed by atoms with van der Waals surface area (Å²) in [6, 6.07) is 9.57. The third-order valence-electron chi connectivity index (χ3n) is 4.31. The lowest BCUT2D eigenvalue weighted by molar-refractivity contribution is -0.149. The molecule has 0 aromatic heterocycles. The van der Waals surface area contributed by atoms with E-state index < -0.39 is 12.1 Å². The zero-order valence-corrected chi connectivity index (χ0v) is 14.2. The Morgan fingerprint density at radius 1 is 1.20 bits per heavy atom. The van der Waals surface area contributed by atoms with E-state index >= 15 is 0 Å². The number of amides is 1. The summed E-state index contributed by atoms with van der Waals surface area (Å²) in [5.74, 6) is -0.845. The van der Waals surface area contributed by atoms with Crippen molar-refractivity contribution < 1.29 is 29.3 Å². The van der Waals surface area contributed by atoms with Crippen LogP contribution in [0.25, 0.3) is 0 Å². The minimum absolute atomic E-state index is 0.194. The summed E-state index contributed by atoms with van der Waals surface area (Å²) in [6.07, 6.45) is 0.764. The molecular formula is C18H25NO6. The minimum Gasteiger partial charge on any atom is -0.479 e. The Kier molecular flexibility index (Phi) is 7.69. The van der Waals surface area contributed by atoms with Gasteiger partial charge in [0, 0.05) is 19.7 Å². The molecule has 1 heterocycles. The molecule has 1 aromatic carbocycles. The molecule has 1 fully saturated rings. The van der Waals surface area contributed by atoms with Crippen molar-refractivity contribution in [2.24, 2.45) is 5.92 Å². The number of aliphatic carboxylic acids is 1. The van der Waals surface area contributed by atoms with E-state index in [2.05, 4.69) is 0 Å². The second-order valence-electron chi connectivity index (χ2n) is 6.19. The van der Waals surface area contributed by atoms with Crippen LogP contribution >= 0.6 is 0 Å². The average Bonchev–Trinajstić information content (AvgIpc) is 2.64. The Labute approximate surface area is 147 Å². The topological polar surface area (TPSA) is 96.3 Å². The van der Waals surface area contributed by atoms with Gasteiger partial charge in [-0.3, -0.25) is 0 Å². The number of rotatable bonds is 8. The van der Waals surface area contributed by atoms with Crippen LogP contribution < -0.4 is 0 Å². The second-order valence-corrected chi connectivity index (χ2v) is 6.19. The molecule has 1 aliphatic rings. The number of aliphatic hydroxyl groups is 1. The molecule has 1 amide bonds. The number of hydrogen-bond donors (Lipinski definition) is 2. The van der Waals surface area contributed by atoms with Gasteiger partial charge < -0.3 is 24.6 Å². The lowest BCUT2D eigenvalue weighted by Gasteiger charge is -2.31. The number of nitrogens with zero attached hydrogens (tertiary/aromatic N) is 1. The number of aliphatic hydroxyl groups excluding tert-OH is 1. The molecular weight excluding hydrogens is 326 g/mol. The van der Waals surface area contributed by atoms with Crippen molar-refractivity contribution in [3.05, 3.63) is 35.9 Å². The van der Waals surface area contributed by atoms with E-state index in [4.69, 9.17) is 19.7 Å². The number of carbonyl (C=O) groups is 2. The fourth-order valence-corrected chi connectivity index (χ4v) is 2.73. The Hall–Kier alpha value is -2.12. The summed E-state index contributed by atoms with van der Waals surface area (Å²) in [6.45, 7) is 1.79. The van der Waals surface area contributed by atoms with Crippen molar-refractivity contribution >= 4 is 12.1 Å². The molecule has 7 heteroatoms. The molecule has 0 spiro atoms. The predicted octanol–water partition coefficient (Wildman–Crippen LogP) is 1.89. The van der Waals surface area contributed by atoms with Crippen molar-refractivity contribution in [2.75, 3.05) is 26.3 Å². The van der Waals surface area contributed by atoms with E-state index in [1.807, 2.05) is 30.3 Å². The zero-order chi connectivity index (χ0) is 18.1. The van der Waals surface area contributed by atoms with Crippen LogP contribution in [0.3, 0.4) is 0 Å². The zero-order valence-electron chi connectivity index (χ0n) is 14.2. The van der Waals surface area contributed by atoms with Crippen molar-refractivity contribution in [2.45, 2.75) is 32.0 Å². The lowest BCUT2D eigenvalue weighted by atomic mass is 9.94. The summed E-state index contributed by atoms with van der Waals surface area (Å²) in [7, 11) is 0. The molecule has 138 valence electrons. The lowest BCUT2D eigenvalue weighted by Crippen LogP contribution is -2.39. The first kappa shape index (κ1) is 19.2. The molecule has 25 heavy (non-hydrogen) atoms. The molecule has 7 nitrogen and oxygen atoms in total. The van der Waals surface area contributed by atoms with Gasteiger partial charge in [-0.05, 0) is 30.7 Å². The van der Waals surface area contributed by atoms with Gasteiger partial charge in [0.05, 0.1) is 6.61 Å². The van der Waals surface area contributed by atoms with Crippen LogP contribution in [0.5, 0.6) is 0 Å². The third-order valence-corrected chi connectivity index (χ3v) is 4.31. The summed E-state index contributed by atoms with van der Waals surface area (Å²) in [5, 5.41) is 17.7. The molecule has 0 bridgehead atoms. The first-order valence-corrected chi connectivity index (χ1v) is 8.50. The highest BCUT2D eigenvalue weighted by atomic mass is 16.6. The monoisotopic (exact) mass is 351 g/mol. The maximum Gasteiger partial charge on any atom is 0.410 e. The van der Waals surface area contributed by atoms with Gasteiger partial charge in [0.15, 0.2) is 6.10 Å². The van der Waals surface area contributed by atoms with Crippen molar-refractivity contribution in [3.63, 3.8) is 0 Å². The fourth-order valence-electron chi connectivity index (χ4n) is 2.73. The summed E-state index contributed by atoms with van der Waals surface area (Å²) in [4.78, 5) is 24.2. The standard InChI is InChI=1S/C18H25NO6/c20-16(17(21)22)13-24-11-8-14-6-9-19(10-7-14)18(23)25-12-15-4-2-1-3-5-15/h1-5,14,16,20H,6-13H2,(H,21,22)/t16-/m0/s1. The molecule has 1 aromatic rings. The highest BCUT2D eigenvalue weighted by Crippen LogP contribution is 2.21. The molecule has 0 aliphatic carbocycles. The van der Waals surface area contributed by atoms with E-state index in [0.717, 1.165) is 24.8 Å². The largest absolute Gasteiger partial charge is 0.479 e. The van der Waals surface area contributed by atoms with Gasteiger partial charge >= 0.3 is 12.1 Å². The van der Waals surface area contributed by atoms with Crippen LogP contribution in [0.15, 0.2) is 30.3 Å². The average molecular weight is 351 g/mol. The van der Waals surface area contributed by atoms with Crippen LogP contribution in [-0.2, 0) is 20.9 Å². The van der Waals surface area contributed by atoms with Crippen molar-refractivity contribution in [3.8, 4) is 0 Å². The fraction of sp³-hybridized carbons (Fsp3) is 0.556. The molecule has 1 saturated heterocycles. The van der Waals surface area contributed by atoms with Gasteiger partial charge in [-0.15, -0.1) is 0 Å². The Bertz CT molecular complexity index is 542. The van der Waals surface area contributed by atoms with Gasteiger partial charge in [-0.2, -0.15) is 0 Å². The van der Waals surface area contributed by atoms with E-state index in [-0.39, 0.29) is 19.3 Å². The van der Waals surface area contributed by atoms with Crippen LogP contribution in [-0.4, -0.2) is 59.6 Å². The van der Waals surface area contributed by atoms with Crippen molar-refractivity contribution in [1.29, 1.82) is 0 Å². The summed E-state index contributed by atoms with van der Waals surface area (Å²) < 4.78 is 10.5. The predicted molar refractivity (Wildman–Crippen MR) is 90.0 cm³/mol. The number of carboxylic acid groups (broad SMARTS) is 1. The van der Waals surface area contributed by atoms with E-state index in [0.29, 0.717) is 25.6 Å². The summed E-state index contributed by atoms with van der Waals surface area (Å²) >= 11 is 0. The molecule has 1 aliphatic heterocycles. The summed E-state index contributed by atoms with van der Waals surface area (Å²) in [5.41, 5.74) is 0.964. The number of carboxylic acids is 1. The van der Waals surface area contributed by atoms with Gasteiger partial charge in [0.2, 0.25) is 0 Å². The molecule has 0 radical (unpaired) electrons. The maximum absolute atomic E-state index is 12.1. The highest BCUT2D eigenvalue weighted by Gasteiger charge is 2.23. The minimum atomic E-state index is -1.47. The molecule has 1 atom stereocenters. The van der Waals surface area contributed by atoms with Gasteiger partial charge in [0.1, 0.15) is 6.61 Å².